The zero-order valence-electron chi connectivity index (χ0n) is 13.2. The SMILES string of the molecule is C[Se]c1ccccc1N(c1ccccc1)S(=O)(=O)c1ccccc1. The normalized spacial score (nSPS) is 11.2. The van der Waals surface area contributed by atoms with Crippen molar-refractivity contribution in [3.8, 4) is 0 Å². The first kappa shape index (κ1) is 16.8. The first-order valence-electron chi connectivity index (χ1n) is 7.43. The van der Waals surface area contributed by atoms with Crippen LogP contribution in [0.2, 0.25) is 5.82 Å². The number of sulfonamides is 1. The van der Waals surface area contributed by atoms with Crippen LogP contribution in [0.4, 0.5) is 11.4 Å². The number of benzene rings is 3. The van der Waals surface area contributed by atoms with Crippen LogP contribution in [-0.4, -0.2) is 23.4 Å². The molecule has 3 nitrogen and oxygen atoms in total. The molecular formula is C19H17NO2SSe. The van der Waals surface area contributed by atoms with E-state index in [1.54, 1.807) is 24.3 Å². The van der Waals surface area contributed by atoms with Gasteiger partial charge in [0.25, 0.3) is 0 Å². The second kappa shape index (κ2) is 7.22. The minimum atomic E-state index is -3.70. The summed E-state index contributed by atoms with van der Waals surface area (Å²) in [5.74, 6) is 2.09. The Morgan fingerprint density at radius 1 is 0.750 bits per heavy atom. The molecule has 0 saturated carbocycles. The van der Waals surface area contributed by atoms with Crippen molar-refractivity contribution >= 4 is 40.8 Å². The van der Waals surface area contributed by atoms with E-state index in [-0.39, 0.29) is 19.9 Å². The topological polar surface area (TPSA) is 37.4 Å². The average molecular weight is 402 g/mol. The number of rotatable bonds is 5. The van der Waals surface area contributed by atoms with Crippen LogP contribution >= 0.6 is 0 Å². The van der Waals surface area contributed by atoms with E-state index in [9.17, 15) is 8.42 Å². The Kier molecular flexibility index (Phi) is 5.05. The Morgan fingerprint density at radius 3 is 1.92 bits per heavy atom. The second-order valence-corrected chi connectivity index (χ2v) is 8.66. The summed E-state index contributed by atoms with van der Waals surface area (Å²) in [6, 6.07) is 25.5. The van der Waals surface area contributed by atoms with E-state index >= 15 is 0 Å². The maximum atomic E-state index is 13.3. The Balaban J connectivity index is 2.24. The van der Waals surface area contributed by atoms with Crippen molar-refractivity contribution in [3.63, 3.8) is 0 Å². The van der Waals surface area contributed by atoms with Crippen molar-refractivity contribution in [2.24, 2.45) is 0 Å². The van der Waals surface area contributed by atoms with Gasteiger partial charge in [0, 0.05) is 0 Å². The van der Waals surface area contributed by atoms with Gasteiger partial charge in [-0.2, -0.15) is 0 Å². The van der Waals surface area contributed by atoms with Gasteiger partial charge in [0.1, 0.15) is 0 Å². The van der Waals surface area contributed by atoms with Crippen molar-refractivity contribution < 1.29 is 8.42 Å². The molecule has 24 heavy (non-hydrogen) atoms. The van der Waals surface area contributed by atoms with E-state index in [1.807, 2.05) is 60.7 Å². The van der Waals surface area contributed by atoms with Crippen molar-refractivity contribution in [3.05, 3.63) is 84.9 Å². The zero-order valence-corrected chi connectivity index (χ0v) is 15.7. The van der Waals surface area contributed by atoms with E-state index in [0.717, 1.165) is 10.1 Å². The minimum absolute atomic E-state index is 0.176. The summed E-state index contributed by atoms with van der Waals surface area (Å²) >= 11 is 0.176. The van der Waals surface area contributed by atoms with Crippen LogP contribution in [0, 0.1) is 0 Å². The molecule has 0 radical (unpaired) electrons. The van der Waals surface area contributed by atoms with E-state index in [0.29, 0.717) is 5.69 Å². The summed E-state index contributed by atoms with van der Waals surface area (Å²) in [7, 11) is -3.70. The molecule has 3 rings (SSSR count). The summed E-state index contributed by atoms with van der Waals surface area (Å²) in [4.78, 5) is 0.284. The summed E-state index contributed by atoms with van der Waals surface area (Å²) in [5, 5.41) is 0. The fraction of sp³-hybridized carbons (Fsp3) is 0.0526. The van der Waals surface area contributed by atoms with Crippen molar-refractivity contribution in [2.75, 3.05) is 4.31 Å². The quantitative estimate of drug-likeness (QED) is 0.612. The molecule has 0 aliphatic rings. The molecule has 5 heteroatoms. The third kappa shape index (κ3) is 3.24. The molecule has 0 N–H and O–H groups in total. The van der Waals surface area contributed by atoms with Crippen molar-refractivity contribution in [2.45, 2.75) is 10.7 Å². The number of hydrogen-bond donors (Lipinski definition) is 0. The summed E-state index contributed by atoms with van der Waals surface area (Å²) in [6.07, 6.45) is 0. The Labute approximate surface area is 149 Å². The van der Waals surface area contributed by atoms with Gasteiger partial charge in [-0.15, -0.1) is 0 Å². The number of anilines is 2. The van der Waals surface area contributed by atoms with Crippen LogP contribution in [-0.2, 0) is 10.0 Å². The molecule has 0 aliphatic heterocycles. The van der Waals surface area contributed by atoms with E-state index in [1.165, 1.54) is 4.31 Å². The molecular weight excluding hydrogens is 385 g/mol. The molecule has 0 saturated heterocycles. The molecule has 122 valence electrons. The summed E-state index contributed by atoms with van der Waals surface area (Å²) in [6.45, 7) is 0. The fourth-order valence-corrected chi connectivity index (χ4v) is 5.35. The van der Waals surface area contributed by atoms with Gasteiger partial charge in [0.2, 0.25) is 0 Å². The van der Waals surface area contributed by atoms with E-state index in [2.05, 4.69) is 5.82 Å². The van der Waals surface area contributed by atoms with Crippen LogP contribution < -0.4 is 8.77 Å². The van der Waals surface area contributed by atoms with Gasteiger partial charge in [-0.25, -0.2) is 0 Å². The molecule has 0 spiro atoms. The molecule has 0 atom stereocenters. The van der Waals surface area contributed by atoms with Gasteiger partial charge >= 0.3 is 149 Å². The van der Waals surface area contributed by atoms with Gasteiger partial charge in [-0.3, -0.25) is 0 Å². The second-order valence-electron chi connectivity index (χ2n) is 5.09. The fourth-order valence-electron chi connectivity index (χ4n) is 2.47. The maximum absolute atomic E-state index is 13.3. The first-order valence-corrected chi connectivity index (χ1v) is 11.4. The van der Waals surface area contributed by atoms with Gasteiger partial charge in [0.05, 0.1) is 0 Å². The Morgan fingerprint density at radius 2 is 1.29 bits per heavy atom. The molecule has 0 amide bonds. The molecule has 0 aliphatic carbocycles. The molecule has 0 fully saturated rings. The van der Waals surface area contributed by atoms with Gasteiger partial charge in [0.15, 0.2) is 0 Å². The standard InChI is InChI=1S/C19H17NO2SSe/c1-24-19-15-9-8-14-18(19)20(16-10-4-2-5-11-16)23(21,22)17-12-6-3-7-13-17/h2-15H,1H3. The summed E-state index contributed by atoms with van der Waals surface area (Å²) < 4.78 is 29.2. The molecule has 0 bridgehead atoms. The molecule has 0 aromatic heterocycles. The van der Waals surface area contributed by atoms with E-state index in [4.69, 9.17) is 0 Å². The van der Waals surface area contributed by atoms with Crippen LogP contribution in [0.5, 0.6) is 0 Å². The summed E-state index contributed by atoms with van der Waals surface area (Å²) in [5.41, 5.74) is 1.35. The third-order valence-electron chi connectivity index (χ3n) is 3.58. The first-order chi connectivity index (χ1) is 11.6. The third-order valence-corrected chi connectivity index (χ3v) is 6.98. The van der Waals surface area contributed by atoms with Gasteiger partial charge < -0.3 is 0 Å². The molecule has 0 heterocycles. The van der Waals surface area contributed by atoms with Crippen LogP contribution in [0.15, 0.2) is 89.8 Å². The van der Waals surface area contributed by atoms with Crippen molar-refractivity contribution in [1.29, 1.82) is 0 Å². The number of nitrogens with zero attached hydrogens (tertiary/aromatic N) is 1. The Bertz CT molecular complexity index is 912. The Hall–Kier alpha value is -2.07. The number of hydrogen-bond acceptors (Lipinski definition) is 2. The molecule has 0 unspecified atom stereocenters. The predicted molar refractivity (Wildman–Crippen MR) is 99.9 cm³/mol. The van der Waals surface area contributed by atoms with Crippen molar-refractivity contribution in [1.82, 2.24) is 0 Å². The number of para-hydroxylation sites is 2. The average Bonchev–Trinajstić information content (AvgIpc) is 2.64. The molecule has 3 aromatic carbocycles. The molecule has 3 aromatic rings. The zero-order chi connectivity index (χ0) is 17.0. The predicted octanol–water partition coefficient (Wildman–Crippen LogP) is 3.59. The monoisotopic (exact) mass is 403 g/mol. The van der Waals surface area contributed by atoms with Crippen LogP contribution in [0.3, 0.4) is 0 Å². The van der Waals surface area contributed by atoms with Gasteiger partial charge in [-0.1, -0.05) is 0 Å². The van der Waals surface area contributed by atoms with Gasteiger partial charge in [-0.05, 0) is 0 Å². The van der Waals surface area contributed by atoms with Crippen LogP contribution in [0.25, 0.3) is 0 Å². The van der Waals surface area contributed by atoms with E-state index < -0.39 is 10.0 Å². The van der Waals surface area contributed by atoms with Crippen LogP contribution in [0.1, 0.15) is 0 Å².